The first-order valence-electron chi connectivity index (χ1n) is 6.95. The van der Waals surface area contributed by atoms with Crippen molar-refractivity contribution in [2.75, 3.05) is 6.61 Å². The van der Waals surface area contributed by atoms with Crippen LogP contribution < -0.4 is 10.5 Å². The van der Waals surface area contributed by atoms with Crippen molar-refractivity contribution in [3.63, 3.8) is 0 Å². The van der Waals surface area contributed by atoms with Gasteiger partial charge >= 0.3 is 0 Å². The number of nitrogens with two attached hydrogens (primary N) is 1. The standard InChI is InChI=1S/C15H24BrNO3/c1-4-20-13-8-10(7-11(16)15(13)19)14(17)12(18)6-5-9(2)3/h7-9,12,14,18-19H,4-6,17H2,1-3H3/t12-,14+/m0/s1. The number of rotatable bonds is 7. The summed E-state index contributed by atoms with van der Waals surface area (Å²) in [5.74, 6) is 0.963. The number of aromatic hydroxyl groups is 1. The van der Waals surface area contributed by atoms with Gasteiger partial charge in [0.15, 0.2) is 11.5 Å². The normalized spacial score (nSPS) is 14.3. The van der Waals surface area contributed by atoms with E-state index in [1.54, 1.807) is 12.1 Å². The zero-order valence-electron chi connectivity index (χ0n) is 12.3. The summed E-state index contributed by atoms with van der Waals surface area (Å²) < 4.78 is 5.89. The third-order valence-corrected chi connectivity index (χ3v) is 3.79. The SMILES string of the molecule is CCOc1cc([C@@H](N)[C@@H](O)CCC(C)C)cc(Br)c1O. The number of phenolic OH excluding ortho intramolecular Hbond substituents is 1. The second kappa shape index (κ2) is 7.86. The van der Waals surface area contributed by atoms with Crippen molar-refractivity contribution in [1.29, 1.82) is 0 Å². The molecule has 0 saturated heterocycles. The van der Waals surface area contributed by atoms with Gasteiger partial charge in [-0.2, -0.15) is 0 Å². The molecule has 1 aromatic carbocycles. The molecule has 1 aromatic rings. The van der Waals surface area contributed by atoms with Crippen LogP contribution in [0.5, 0.6) is 11.5 Å². The Morgan fingerprint density at radius 1 is 1.30 bits per heavy atom. The third kappa shape index (κ3) is 4.65. The largest absolute Gasteiger partial charge is 0.503 e. The zero-order valence-corrected chi connectivity index (χ0v) is 13.9. The molecule has 0 amide bonds. The molecular formula is C15H24BrNO3. The molecular weight excluding hydrogens is 322 g/mol. The van der Waals surface area contributed by atoms with Gasteiger partial charge in [-0.3, -0.25) is 0 Å². The van der Waals surface area contributed by atoms with Gasteiger partial charge in [-0.25, -0.2) is 0 Å². The minimum absolute atomic E-state index is 0.0551. The fraction of sp³-hybridized carbons (Fsp3) is 0.600. The Labute approximate surface area is 129 Å². The summed E-state index contributed by atoms with van der Waals surface area (Å²) in [5, 5.41) is 20.0. The van der Waals surface area contributed by atoms with Crippen LogP contribution in [0.3, 0.4) is 0 Å². The van der Waals surface area contributed by atoms with E-state index < -0.39 is 12.1 Å². The Hall–Kier alpha value is -0.780. The molecule has 4 nitrogen and oxygen atoms in total. The summed E-state index contributed by atoms with van der Waals surface area (Å²) in [7, 11) is 0. The summed E-state index contributed by atoms with van der Waals surface area (Å²) in [5.41, 5.74) is 6.85. The lowest BCUT2D eigenvalue weighted by molar-refractivity contribution is 0.128. The van der Waals surface area contributed by atoms with Crippen molar-refractivity contribution in [1.82, 2.24) is 0 Å². The van der Waals surface area contributed by atoms with Gasteiger partial charge in [0, 0.05) is 0 Å². The third-order valence-electron chi connectivity index (χ3n) is 3.19. The number of phenols is 1. The molecule has 0 unspecified atom stereocenters. The molecule has 0 aromatic heterocycles. The molecule has 5 heteroatoms. The van der Waals surface area contributed by atoms with E-state index in [0.717, 1.165) is 12.0 Å². The average Bonchev–Trinajstić information content (AvgIpc) is 2.40. The molecule has 114 valence electrons. The van der Waals surface area contributed by atoms with E-state index in [0.29, 0.717) is 29.2 Å². The lowest BCUT2D eigenvalue weighted by Gasteiger charge is -2.21. The molecule has 0 aliphatic heterocycles. The van der Waals surface area contributed by atoms with Crippen molar-refractivity contribution in [2.24, 2.45) is 11.7 Å². The van der Waals surface area contributed by atoms with Crippen LogP contribution in [0.25, 0.3) is 0 Å². The Kier molecular flexibility index (Phi) is 6.79. The fourth-order valence-electron chi connectivity index (χ4n) is 1.96. The molecule has 0 spiro atoms. The maximum absolute atomic E-state index is 10.2. The van der Waals surface area contributed by atoms with Gasteiger partial charge < -0.3 is 20.7 Å². The molecule has 0 radical (unpaired) electrons. The number of hydrogen-bond donors (Lipinski definition) is 3. The molecule has 2 atom stereocenters. The van der Waals surface area contributed by atoms with Crippen molar-refractivity contribution in [2.45, 2.75) is 45.8 Å². The Morgan fingerprint density at radius 3 is 2.50 bits per heavy atom. The highest BCUT2D eigenvalue weighted by molar-refractivity contribution is 9.10. The maximum atomic E-state index is 10.2. The Morgan fingerprint density at radius 2 is 1.95 bits per heavy atom. The second-order valence-corrected chi connectivity index (χ2v) is 6.20. The summed E-state index contributed by atoms with van der Waals surface area (Å²) in [4.78, 5) is 0. The molecule has 1 rings (SSSR count). The smallest absolute Gasteiger partial charge is 0.172 e. The highest BCUT2D eigenvalue weighted by Gasteiger charge is 2.20. The van der Waals surface area contributed by atoms with Crippen molar-refractivity contribution in [3.8, 4) is 11.5 Å². The summed E-state index contributed by atoms with van der Waals surface area (Å²) in [6, 6.07) is 2.92. The van der Waals surface area contributed by atoms with Crippen LogP contribution >= 0.6 is 15.9 Å². The molecule has 0 heterocycles. The Bertz CT molecular complexity index is 437. The lowest BCUT2D eigenvalue weighted by Crippen LogP contribution is -2.26. The van der Waals surface area contributed by atoms with Gasteiger partial charge in [0.25, 0.3) is 0 Å². The molecule has 0 bridgehead atoms. The zero-order chi connectivity index (χ0) is 15.3. The van der Waals surface area contributed by atoms with Crippen LogP contribution in [0, 0.1) is 5.92 Å². The van der Waals surface area contributed by atoms with Gasteiger partial charge in [-0.05, 0) is 59.3 Å². The van der Waals surface area contributed by atoms with Crippen LogP contribution in [0.4, 0.5) is 0 Å². The highest BCUT2D eigenvalue weighted by atomic mass is 79.9. The molecule has 4 N–H and O–H groups in total. The first kappa shape index (κ1) is 17.3. The topological polar surface area (TPSA) is 75.7 Å². The van der Waals surface area contributed by atoms with E-state index in [1.165, 1.54) is 0 Å². The van der Waals surface area contributed by atoms with E-state index in [1.807, 2.05) is 6.92 Å². The van der Waals surface area contributed by atoms with Crippen LogP contribution in [0.15, 0.2) is 16.6 Å². The van der Waals surface area contributed by atoms with E-state index in [9.17, 15) is 10.2 Å². The van der Waals surface area contributed by atoms with Crippen LogP contribution in [0.2, 0.25) is 0 Å². The minimum Gasteiger partial charge on any atom is -0.503 e. The first-order chi connectivity index (χ1) is 9.36. The van der Waals surface area contributed by atoms with E-state index in [-0.39, 0.29) is 5.75 Å². The van der Waals surface area contributed by atoms with Crippen molar-refractivity contribution in [3.05, 3.63) is 22.2 Å². The highest BCUT2D eigenvalue weighted by Crippen LogP contribution is 2.37. The predicted octanol–water partition coefficient (Wildman–Crippen LogP) is 3.35. The molecule has 20 heavy (non-hydrogen) atoms. The van der Waals surface area contributed by atoms with Gasteiger partial charge in [0.2, 0.25) is 0 Å². The monoisotopic (exact) mass is 345 g/mol. The van der Waals surface area contributed by atoms with Gasteiger partial charge in [-0.15, -0.1) is 0 Å². The lowest BCUT2D eigenvalue weighted by atomic mass is 9.96. The number of halogens is 1. The molecule has 0 aliphatic carbocycles. The van der Waals surface area contributed by atoms with E-state index in [4.69, 9.17) is 10.5 Å². The molecule has 0 fully saturated rings. The second-order valence-electron chi connectivity index (χ2n) is 5.35. The van der Waals surface area contributed by atoms with Crippen LogP contribution in [-0.2, 0) is 0 Å². The first-order valence-corrected chi connectivity index (χ1v) is 7.74. The average molecular weight is 346 g/mol. The van der Waals surface area contributed by atoms with Crippen LogP contribution in [0.1, 0.15) is 45.2 Å². The van der Waals surface area contributed by atoms with E-state index >= 15 is 0 Å². The summed E-state index contributed by atoms with van der Waals surface area (Å²) >= 11 is 3.28. The number of ether oxygens (including phenoxy) is 1. The maximum Gasteiger partial charge on any atom is 0.172 e. The minimum atomic E-state index is -0.608. The van der Waals surface area contributed by atoms with E-state index in [2.05, 4.69) is 29.8 Å². The van der Waals surface area contributed by atoms with Gasteiger partial charge in [-0.1, -0.05) is 13.8 Å². The van der Waals surface area contributed by atoms with Crippen molar-refractivity contribution < 1.29 is 14.9 Å². The number of hydrogen-bond acceptors (Lipinski definition) is 4. The Balaban J connectivity index is 2.89. The number of aliphatic hydroxyl groups excluding tert-OH is 1. The van der Waals surface area contributed by atoms with Crippen LogP contribution in [-0.4, -0.2) is 22.9 Å². The fourth-order valence-corrected chi connectivity index (χ4v) is 2.42. The van der Waals surface area contributed by atoms with Gasteiger partial charge in [0.1, 0.15) is 0 Å². The predicted molar refractivity (Wildman–Crippen MR) is 84.0 cm³/mol. The summed E-state index contributed by atoms with van der Waals surface area (Å²) in [6.07, 6.45) is 0.969. The van der Waals surface area contributed by atoms with Crippen molar-refractivity contribution >= 4 is 15.9 Å². The summed E-state index contributed by atoms with van der Waals surface area (Å²) in [6.45, 7) is 6.52. The molecule has 0 aliphatic rings. The number of aliphatic hydroxyl groups is 1. The quantitative estimate of drug-likeness (QED) is 0.708. The number of benzene rings is 1. The molecule has 0 saturated carbocycles. The van der Waals surface area contributed by atoms with Gasteiger partial charge in [0.05, 0.1) is 23.2 Å².